The minimum atomic E-state index is -0.907. The van der Waals surface area contributed by atoms with Gasteiger partial charge in [-0.3, -0.25) is 4.90 Å². The molecule has 0 bridgehead atoms. The van der Waals surface area contributed by atoms with Gasteiger partial charge in [-0.15, -0.1) is 0 Å². The highest BCUT2D eigenvalue weighted by atomic mass is 16.6. The van der Waals surface area contributed by atoms with Crippen molar-refractivity contribution in [1.82, 2.24) is 4.90 Å². The van der Waals surface area contributed by atoms with Crippen LogP contribution in [0.15, 0.2) is 24.3 Å². The lowest BCUT2D eigenvalue weighted by atomic mass is 9.86. The Kier molecular flexibility index (Phi) is 5.21. The number of aliphatic hydroxyl groups excluding tert-OH is 1. The molecule has 1 heterocycles. The fourth-order valence-electron chi connectivity index (χ4n) is 2.87. The molecule has 5 nitrogen and oxygen atoms in total. The zero-order valence-corrected chi connectivity index (χ0v) is 13.5. The van der Waals surface area contributed by atoms with E-state index >= 15 is 0 Å². The van der Waals surface area contributed by atoms with Gasteiger partial charge in [-0.1, -0.05) is 18.2 Å². The highest BCUT2D eigenvalue weighted by Crippen LogP contribution is 2.31. The number of carboxylic acid groups (broad SMARTS) is 1. The van der Waals surface area contributed by atoms with Crippen molar-refractivity contribution < 1.29 is 19.7 Å². The van der Waals surface area contributed by atoms with Crippen LogP contribution in [0.3, 0.4) is 0 Å². The molecule has 1 fully saturated rings. The molecular formula is C17H25NO4. The lowest BCUT2D eigenvalue weighted by molar-refractivity contribution is -0.242. The van der Waals surface area contributed by atoms with E-state index in [0.717, 1.165) is 18.4 Å². The second-order valence-corrected chi connectivity index (χ2v) is 6.76. The number of rotatable bonds is 4. The van der Waals surface area contributed by atoms with Gasteiger partial charge in [0.25, 0.3) is 0 Å². The molecule has 0 radical (unpaired) electrons. The van der Waals surface area contributed by atoms with E-state index in [9.17, 15) is 15.0 Å². The second kappa shape index (κ2) is 6.77. The van der Waals surface area contributed by atoms with E-state index in [-0.39, 0.29) is 5.92 Å². The van der Waals surface area contributed by atoms with Crippen LogP contribution in [-0.2, 0) is 4.74 Å². The van der Waals surface area contributed by atoms with Crippen molar-refractivity contribution >= 4 is 5.97 Å². The predicted octanol–water partition coefficient (Wildman–Crippen LogP) is 2.66. The van der Waals surface area contributed by atoms with Crippen molar-refractivity contribution in [3.8, 4) is 0 Å². The maximum absolute atomic E-state index is 11.3. The Bertz CT molecular complexity index is 516. The number of benzene rings is 1. The summed E-state index contributed by atoms with van der Waals surface area (Å²) in [4.78, 5) is 13.2. The summed E-state index contributed by atoms with van der Waals surface area (Å²) in [5.74, 6) is -0.667. The first-order chi connectivity index (χ1) is 10.3. The Hall–Kier alpha value is -1.43. The van der Waals surface area contributed by atoms with Gasteiger partial charge in [0.1, 0.15) is 0 Å². The third kappa shape index (κ3) is 4.29. The largest absolute Gasteiger partial charge is 0.478 e. The van der Waals surface area contributed by atoms with E-state index in [4.69, 9.17) is 4.74 Å². The summed E-state index contributed by atoms with van der Waals surface area (Å²) in [6, 6.07) is 7.18. The summed E-state index contributed by atoms with van der Waals surface area (Å²) < 4.78 is 5.57. The van der Waals surface area contributed by atoms with Crippen LogP contribution in [0.25, 0.3) is 0 Å². The topological polar surface area (TPSA) is 70.0 Å². The monoisotopic (exact) mass is 307 g/mol. The Morgan fingerprint density at radius 3 is 2.41 bits per heavy atom. The number of carboxylic acids is 1. The molecule has 0 aromatic heterocycles. The molecule has 1 aliphatic heterocycles. The van der Waals surface area contributed by atoms with Gasteiger partial charge in [0, 0.05) is 13.1 Å². The number of nitrogens with zero attached hydrogens (tertiary/aromatic N) is 1. The number of hydrogen-bond acceptors (Lipinski definition) is 4. The van der Waals surface area contributed by atoms with Crippen LogP contribution in [0.4, 0.5) is 0 Å². The van der Waals surface area contributed by atoms with E-state index in [0.29, 0.717) is 18.7 Å². The summed E-state index contributed by atoms with van der Waals surface area (Å²) in [5.41, 5.74) is 0.875. The number of likely N-dealkylation sites (tertiary alicyclic amines) is 1. The highest BCUT2D eigenvalue weighted by Gasteiger charge is 2.29. The summed E-state index contributed by atoms with van der Waals surface area (Å²) in [6.07, 6.45) is 0.722. The Morgan fingerprint density at radius 1 is 1.27 bits per heavy atom. The van der Waals surface area contributed by atoms with Gasteiger partial charge in [-0.2, -0.15) is 0 Å². The number of aromatic carboxylic acids is 1. The van der Waals surface area contributed by atoms with Crippen LogP contribution in [0.2, 0.25) is 0 Å². The summed E-state index contributed by atoms with van der Waals surface area (Å²) in [5, 5.41) is 19.4. The number of ether oxygens (including phenoxy) is 1. The standard InChI is InChI=1S/C17H25NO4/c1-17(2,3)22-16(21)18-10-8-12(9-11-18)13-6-4-5-7-14(13)15(19)20/h4-7,12,16,21H,8-11H2,1-3H3,(H,19,20). The van der Waals surface area contributed by atoms with Crippen LogP contribution in [0, 0.1) is 0 Å². The fraction of sp³-hybridized carbons (Fsp3) is 0.588. The zero-order chi connectivity index (χ0) is 16.3. The lowest BCUT2D eigenvalue weighted by Gasteiger charge is -2.37. The van der Waals surface area contributed by atoms with Crippen LogP contribution in [0.5, 0.6) is 0 Å². The predicted molar refractivity (Wildman–Crippen MR) is 83.8 cm³/mol. The van der Waals surface area contributed by atoms with Gasteiger partial charge >= 0.3 is 5.97 Å². The Labute approximate surface area is 131 Å². The molecule has 122 valence electrons. The number of carbonyl (C=O) groups is 1. The molecule has 0 saturated carbocycles. The maximum Gasteiger partial charge on any atom is 0.335 e. The van der Waals surface area contributed by atoms with Crippen LogP contribution < -0.4 is 0 Å². The van der Waals surface area contributed by atoms with Gasteiger partial charge in [0.15, 0.2) is 0 Å². The Morgan fingerprint density at radius 2 is 1.86 bits per heavy atom. The SMILES string of the molecule is CC(C)(C)OC(O)N1CCC(c2ccccc2C(=O)O)CC1. The number of aliphatic hydroxyl groups is 1. The van der Waals surface area contributed by atoms with Crippen molar-refractivity contribution in [2.45, 2.75) is 51.5 Å². The highest BCUT2D eigenvalue weighted by molar-refractivity contribution is 5.89. The molecule has 1 atom stereocenters. The van der Waals surface area contributed by atoms with Crippen molar-refractivity contribution in [3.05, 3.63) is 35.4 Å². The second-order valence-electron chi connectivity index (χ2n) is 6.76. The molecule has 2 N–H and O–H groups in total. The lowest BCUT2D eigenvalue weighted by Crippen LogP contribution is -2.45. The van der Waals surface area contributed by atoms with Crippen LogP contribution in [0.1, 0.15) is 55.5 Å². The number of hydrogen-bond donors (Lipinski definition) is 2. The smallest absolute Gasteiger partial charge is 0.335 e. The van der Waals surface area contributed by atoms with E-state index in [1.54, 1.807) is 12.1 Å². The number of piperidine rings is 1. The molecule has 1 saturated heterocycles. The van der Waals surface area contributed by atoms with Gasteiger partial charge in [0.05, 0.1) is 11.2 Å². The third-order valence-corrected chi connectivity index (χ3v) is 3.93. The normalized spacial score (nSPS) is 19.1. The fourth-order valence-corrected chi connectivity index (χ4v) is 2.87. The quantitative estimate of drug-likeness (QED) is 0.837. The molecule has 2 rings (SSSR count). The van der Waals surface area contributed by atoms with Crippen LogP contribution in [-0.4, -0.2) is 46.2 Å². The molecule has 5 heteroatoms. The molecular weight excluding hydrogens is 282 g/mol. The molecule has 0 amide bonds. The van der Waals surface area contributed by atoms with Gasteiger partial charge in [-0.05, 0) is 51.2 Å². The third-order valence-electron chi connectivity index (χ3n) is 3.93. The first-order valence-electron chi connectivity index (χ1n) is 7.70. The molecule has 22 heavy (non-hydrogen) atoms. The minimum absolute atomic E-state index is 0.213. The van der Waals surface area contributed by atoms with Gasteiger partial charge in [0.2, 0.25) is 6.41 Å². The van der Waals surface area contributed by atoms with Gasteiger partial charge < -0.3 is 14.9 Å². The first-order valence-corrected chi connectivity index (χ1v) is 7.70. The molecule has 1 aromatic carbocycles. The minimum Gasteiger partial charge on any atom is -0.478 e. The van der Waals surface area contributed by atoms with E-state index in [1.807, 2.05) is 37.8 Å². The summed E-state index contributed by atoms with van der Waals surface area (Å²) >= 11 is 0. The molecule has 1 unspecified atom stereocenters. The average Bonchev–Trinajstić information content (AvgIpc) is 2.45. The van der Waals surface area contributed by atoms with Crippen molar-refractivity contribution in [2.24, 2.45) is 0 Å². The van der Waals surface area contributed by atoms with Gasteiger partial charge in [-0.25, -0.2) is 4.79 Å². The van der Waals surface area contributed by atoms with Crippen molar-refractivity contribution in [1.29, 1.82) is 0 Å². The molecule has 1 aliphatic rings. The van der Waals surface area contributed by atoms with Crippen molar-refractivity contribution in [2.75, 3.05) is 13.1 Å². The maximum atomic E-state index is 11.3. The first kappa shape index (κ1) is 16.9. The molecule has 0 aliphatic carbocycles. The zero-order valence-electron chi connectivity index (χ0n) is 13.5. The molecule has 1 aromatic rings. The van der Waals surface area contributed by atoms with Crippen molar-refractivity contribution in [3.63, 3.8) is 0 Å². The van der Waals surface area contributed by atoms with E-state index < -0.39 is 18.0 Å². The summed E-state index contributed by atoms with van der Waals surface area (Å²) in [7, 11) is 0. The van der Waals surface area contributed by atoms with E-state index in [1.165, 1.54) is 0 Å². The van der Waals surface area contributed by atoms with E-state index in [2.05, 4.69) is 0 Å². The summed E-state index contributed by atoms with van der Waals surface area (Å²) in [6.45, 7) is 7.11. The Balaban J connectivity index is 1.99. The van der Waals surface area contributed by atoms with Crippen LogP contribution >= 0.6 is 0 Å². The average molecular weight is 307 g/mol. The molecule has 0 spiro atoms.